The van der Waals surface area contributed by atoms with E-state index >= 15 is 0 Å². The lowest BCUT2D eigenvalue weighted by atomic mass is 10.1. The Hall–Kier alpha value is -2.68. The number of carbonyl (C=O) groups excluding carboxylic acids is 2. The minimum atomic E-state index is -0.945. The third-order valence-electron chi connectivity index (χ3n) is 3.46. The van der Waals surface area contributed by atoms with Gasteiger partial charge in [-0.1, -0.05) is 0 Å². The van der Waals surface area contributed by atoms with Gasteiger partial charge in [0.2, 0.25) is 0 Å². The summed E-state index contributed by atoms with van der Waals surface area (Å²) in [5, 5.41) is 9.39. The molecule has 0 fully saturated rings. The summed E-state index contributed by atoms with van der Waals surface area (Å²) in [6, 6.07) is 4.67. The molecule has 1 aromatic carbocycles. The molecule has 0 radical (unpaired) electrons. The molecule has 1 aliphatic heterocycles. The monoisotopic (exact) mass is 337 g/mol. The predicted molar refractivity (Wildman–Crippen MR) is 83.4 cm³/mol. The summed E-state index contributed by atoms with van der Waals surface area (Å²) in [6.45, 7) is 2.39. The first-order chi connectivity index (χ1) is 11.3. The Morgan fingerprint density at radius 1 is 1.25 bits per heavy atom. The van der Waals surface area contributed by atoms with Gasteiger partial charge in [0.1, 0.15) is 18.5 Å². The highest BCUT2D eigenvalue weighted by atomic mass is 17.0. The fourth-order valence-electron chi connectivity index (χ4n) is 2.31. The molecule has 1 unspecified atom stereocenters. The van der Waals surface area contributed by atoms with Crippen LogP contribution in [0.5, 0.6) is 5.75 Å². The Balaban J connectivity index is 2.09. The van der Waals surface area contributed by atoms with E-state index in [-0.39, 0.29) is 17.7 Å². The van der Waals surface area contributed by atoms with Crippen molar-refractivity contribution in [3.63, 3.8) is 0 Å². The second-order valence-electron chi connectivity index (χ2n) is 5.72. The van der Waals surface area contributed by atoms with Gasteiger partial charge in [-0.05, 0) is 39.2 Å². The highest BCUT2D eigenvalue weighted by molar-refractivity contribution is 6.21. The summed E-state index contributed by atoms with van der Waals surface area (Å²) in [5.41, 5.74) is 0.490. The van der Waals surface area contributed by atoms with Crippen molar-refractivity contribution in [3.8, 4) is 5.75 Å². The Bertz CT molecular complexity index is 661. The van der Waals surface area contributed by atoms with E-state index < -0.39 is 23.0 Å². The van der Waals surface area contributed by atoms with Crippen molar-refractivity contribution in [1.29, 1.82) is 0 Å². The topological polar surface area (TPSA) is 102 Å². The van der Waals surface area contributed by atoms with E-state index in [4.69, 9.17) is 4.74 Å². The molecule has 0 saturated heterocycles. The number of hydrogen-bond acceptors (Lipinski definition) is 7. The zero-order valence-electron chi connectivity index (χ0n) is 13.7. The molecule has 0 spiro atoms. The van der Waals surface area contributed by atoms with E-state index in [0.29, 0.717) is 18.9 Å². The van der Waals surface area contributed by atoms with Crippen LogP contribution in [0.25, 0.3) is 0 Å². The smallest absolute Gasteiger partial charge is 0.294 e. The fraction of sp³-hybridized carbons (Fsp3) is 0.467. The summed E-state index contributed by atoms with van der Waals surface area (Å²) in [7, 11) is 3.83. The first kappa shape index (κ1) is 17.7. The number of ether oxygens (including phenoxy) is 1. The highest BCUT2D eigenvalue weighted by Crippen LogP contribution is 2.27. The molecule has 24 heavy (non-hydrogen) atoms. The van der Waals surface area contributed by atoms with Gasteiger partial charge < -0.3 is 14.5 Å². The summed E-state index contributed by atoms with van der Waals surface area (Å²) < 4.78 is 5.56. The van der Waals surface area contributed by atoms with Gasteiger partial charge in [-0.3, -0.25) is 14.5 Å². The van der Waals surface area contributed by atoms with Gasteiger partial charge in [-0.15, -0.1) is 10.1 Å². The highest BCUT2D eigenvalue weighted by Gasteiger charge is 2.37. The van der Waals surface area contributed by atoms with Crippen molar-refractivity contribution >= 4 is 11.8 Å². The van der Waals surface area contributed by atoms with Crippen LogP contribution < -0.4 is 4.74 Å². The molecule has 1 aliphatic rings. The van der Waals surface area contributed by atoms with Crippen molar-refractivity contribution in [2.45, 2.75) is 13.0 Å². The average molecular weight is 337 g/mol. The van der Waals surface area contributed by atoms with Crippen LogP contribution in [0.1, 0.15) is 27.6 Å². The van der Waals surface area contributed by atoms with Crippen LogP contribution >= 0.6 is 0 Å². The summed E-state index contributed by atoms with van der Waals surface area (Å²) in [5.74, 6) is -0.506. The first-order valence-electron chi connectivity index (χ1n) is 7.38. The molecular weight excluding hydrogens is 318 g/mol. The maximum atomic E-state index is 12.4. The van der Waals surface area contributed by atoms with Crippen molar-refractivity contribution < 1.29 is 24.3 Å². The largest absolute Gasteiger partial charge is 0.492 e. The molecular formula is C15H19N3O6. The molecule has 1 heterocycles. The number of rotatable bonds is 8. The summed E-state index contributed by atoms with van der Waals surface area (Å²) in [6.07, 6.45) is -0.905. The SMILES string of the molecule is CC(CN1C(=O)c2ccc(OCCN(C)C)cc2C1=O)O[N+](=O)[O-]. The van der Waals surface area contributed by atoms with Crippen LogP contribution in [-0.2, 0) is 4.84 Å². The average Bonchev–Trinajstić information content (AvgIpc) is 2.71. The molecule has 0 N–H and O–H groups in total. The number of carbonyl (C=O) groups is 2. The number of hydrogen-bond donors (Lipinski definition) is 0. The van der Waals surface area contributed by atoms with E-state index in [1.807, 2.05) is 19.0 Å². The molecule has 2 amide bonds. The summed E-state index contributed by atoms with van der Waals surface area (Å²) in [4.78, 5) is 42.2. The van der Waals surface area contributed by atoms with Gasteiger partial charge in [-0.2, -0.15) is 0 Å². The first-order valence-corrected chi connectivity index (χ1v) is 7.38. The molecule has 9 nitrogen and oxygen atoms in total. The summed E-state index contributed by atoms with van der Waals surface area (Å²) >= 11 is 0. The zero-order chi connectivity index (χ0) is 17.9. The van der Waals surface area contributed by atoms with Crippen LogP contribution in [0.2, 0.25) is 0 Å². The van der Waals surface area contributed by atoms with Gasteiger partial charge in [0.25, 0.3) is 16.9 Å². The zero-order valence-corrected chi connectivity index (χ0v) is 13.7. The second kappa shape index (κ2) is 7.26. The van der Waals surface area contributed by atoms with E-state index in [1.165, 1.54) is 19.1 Å². The lowest BCUT2D eigenvalue weighted by molar-refractivity contribution is -0.767. The molecule has 1 aromatic rings. The van der Waals surface area contributed by atoms with E-state index in [9.17, 15) is 19.7 Å². The Morgan fingerprint density at radius 2 is 1.92 bits per heavy atom. The second-order valence-corrected chi connectivity index (χ2v) is 5.72. The minimum Gasteiger partial charge on any atom is -0.492 e. The molecule has 0 bridgehead atoms. The van der Waals surface area contributed by atoms with Crippen molar-refractivity contribution in [3.05, 3.63) is 39.4 Å². The van der Waals surface area contributed by atoms with Crippen LogP contribution in [0.15, 0.2) is 18.2 Å². The van der Waals surface area contributed by atoms with E-state index in [1.54, 1.807) is 6.07 Å². The number of fused-ring (bicyclic) bond motifs is 1. The molecule has 0 aliphatic carbocycles. The number of likely N-dealkylation sites (N-methyl/N-ethyl adjacent to an activating group) is 1. The van der Waals surface area contributed by atoms with Crippen LogP contribution in [0.4, 0.5) is 0 Å². The van der Waals surface area contributed by atoms with Crippen LogP contribution in [0.3, 0.4) is 0 Å². The maximum absolute atomic E-state index is 12.4. The van der Waals surface area contributed by atoms with Crippen molar-refractivity contribution in [1.82, 2.24) is 9.80 Å². The lowest BCUT2D eigenvalue weighted by Crippen LogP contribution is -2.37. The number of amides is 2. The predicted octanol–water partition coefficient (Wildman–Crippen LogP) is 0.820. The molecule has 2 rings (SSSR count). The molecule has 9 heteroatoms. The number of imide groups is 1. The van der Waals surface area contributed by atoms with E-state index in [0.717, 1.165) is 4.90 Å². The molecule has 0 saturated carbocycles. The number of benzene rings is 1. The maximum Gasteiger partial charge on any atom is 0.294 e. The van der Waals surface area contributed by atoms with Gasteiger partial charge in [0.05, 0.1) is 17.7 Å². The standard InChI is InChI=1S/C15H19N3O6/c1-10(24-18(21)22)9-17-14(19)12-5-4-11(8-13(12)15(17)20)23-7-6-16(2)3/h4-5,8,10H,6-7,9H2,1-3H3. The van der Waals surface area contributed by atoms with Crippen molar-refractivity contribution in [2.24, 2.45) is 0 Å². The normalized spacial score (nSPS) is 14.8. The Kier molecular flexibility index (Phi) is 5.35. The van der Waals surface area contributed by atoms with Gasteiger partial charge >= 0.3 is 0 Å². The van der Waals surface area contributed by atoms with Crippen LogP contribution in [-0.4, -0.2) is 66.6 Å². The fourth-order valence-corrected chi connectivity index (χ4v) is 2.31. The van der Waals surface area contributed by atoms with Gasteiger partial charge in [0, 0.05) is 6.54 Å². The number of nitrogens with zero attached hydrogens (tertiary/aromatic N) is 3. The molecule has 130 valence electrons. The van der Waals surface area contributed by atoms with E-state index in [2.05, 4.69) is 4.84 Å². The Morgan fingerprint density at radius 3 is 2.54 bits per heavy atom. The minimum absolute atomic E-state index is 0.190. The molecule has 1 atom stereocenters. The van der Waals surface area contributed by atoms with Gasteiger partial charge in [0.15, 0.2) is 0 Å². The van der Waals surface area contributed by atoms with Crippen LogP contribution in [0, 0.1) is 10.1 Å². The van der Waals surface area contributed by atoms with Crippen molar-refractivity contribution in [2.75, 3.05) is 33.8 Å². The quantitative estimate of drug-likeness (QED) is 0.393. The third-order valence-corrected chi connectivity index (χ3v) is 3.46. The lowest BCUT2D eigenvalue weighted by Gasteiger charge is -2.17. The molecule has 0 aromatic heterocycles. The van der Waals surface area contributed by atoms with Gasteiger partial charge in [-0.25, -0.2) is 0 Å². The Labute approximate surface area is 138 Å². The third kappa shape index (κ3) is 3.99.